The number of para-hydroxylation sites is 1. The lowest BCUT2D eigenvalue weighted by Gasteiger charge is -2.22. The quantitative estimate of drug-likeness (QED) is 0.709. The molecule has 8 heteroatoms. The summed E-state index contributed by atoms with van der Waals surface area (Å²) >= 11 is 1.41. The van der Waals surface area contributed by atoms with Crippen molar-refractivity contribution in [1.29, 1.82) is 5.26 Å². The minimum absolute atomic E-state index is 0.0576. The summed E-state index contributed by atoms with van der Waals surface area (Å²) in [6.07, 6.45) is 0.933. The van der Waals surface area contributed by atoms with Crippen molar-refractivity contribution in [2.75, 3.05) is 64.4 Å². The average molecular weight is 390 g/mol. The molecule has 27 heavy (non-hydrogen) atoms. The molecule has 1 heterocycles. The Morgan fingerprint density at radius 3 is 2.48 bits per heavy atom. The van der Waals surface area contributed by atoms with Gasteiger partial charge in [-0.1, -0.05) is 12.1 Å². The second-order valence-corrected chi connectivity index (χ2v) is 7.70. The maximum absolute atomic E-state index is 12.5. The maximum atomic E-state index is 12.5. The van der Waals surface area contributed by atoms with Gasteiger partial charge in [0.15, 0.2) is 0 Å². The number of nitriles is 1. The van der Waals surface area contributed by atoms with E-state index in [-0.39, 0.29) is 11.8 Å². The highest BCUT2D eigenvalue weighted by Crippen LogP contribution is 2.26. The number of hydrogen-bond donors (Lipinski definition) is 1. The first-order valence-corrected chi connectivity index (χ1v) is 10.0. The number of nitrogens with one attached hydrogen (secondary N) is 1. The Balaban J connectivity index is 1.84. The molecule has 0 saturated carbocycles. The minimum Gasteiger partial charge on any atom is -0.348 e. The predicted molar refractivity (Wildman–Crippen MR) is 108 cm³/mol. The molecule has 0 spiro atoms. The Morgan fingerprint density at radius 2 is 1.81 bits per heavy atom. The second-order valence-electron chi connectivity index (χ2n) is 6.69. The summed E-state index contributed by atoms with van der Waals surface area (Å²) in [6.45, 7) is 4.00. The zero-order valence-corrected chi connectivity index (χ0v) is 16.8. The Hall–Kier alpha value is -2.08. The minimum atomic E-state index is -0.0576. The number of carbonyl (C=O) groups excluding carboxylic acids is 2. The Bertz CT molecular complexity index is 689. The fraction of sp³-hybridized carbons (Fsp3) is 0.526. The zero-order valence-electron chi connectivity index (χ0n) is 16.0. The third-order valence-corrected chi connectivity index (χ3v) is 5.30. The number of benzene rings is 1. The van der Waals surface area contributed by atoms with Crippen LogP contribution in [0.25, 0.3) is 0 Å². The van der Waals surface area contributed by atoms with E-state index in [2.05, 4.69) is 21.2 Å². The van der Waals surface area contributed by atoms with E-state index in [9.17, 15) is 9.59 Å². The Morgan fingerprint density at radius 1 is 1.15 bits per heavy atom. The van der Waals surface area contributed by atoms with Gasteiger partial charge in [0.25, 0.3) is 0 Å². The highest BCUT2D eigenvalue weighted by atomic mass is 32.2. The second kappa shape index (κ2) is 10.9. The molecule has 2 amide bonds. The molecule has 0 unspecified atom stereocenters. The molecule has 1 aromatic carbocycles. The van der Waals surface area contributed by atoms with Crippen molar-refractivity contribution < 1.29 is 9.59 Å². The van der Waals surface area contributed by atoms with Gasteiger partial charge in [0.2, 0.25) is 11.8 Å². The van der Waals surface area contributed by atoms with Crippen LogP contribution < -0.4 is 5.32 Å². The van der Waals surface area contributed by atoms with Crippen molar-refractivity contribution in [2.45, 2.75) is 11.3 Å². The molecule has 7 nitrogen and oxygen atoms in total. The molecule has 1 aliphatic heterocycles. The summed E-state index contributed by atoms with van der Waals surface area (Å²) in [5.41, 5.74) is 0.746. The lowest BCUT2D eigenvalue weighted by molar-refractivity contribution is -0.129. The van der Waals surface area contributed by atoms with Crippen molar-refractivity contribution in [3.05, 3.63) is 24.3 Å². The summed E-state index contributed by atoms with van der Waals surface area (Å²) in [7, 11) is 3.53. The number of anilines is 1. The molecule has 0 bridgehead atoms. The standard InChI is InChI=1S/C19H27N5O2S/c1-22(2)19(26)15-24-10-5-9-23(11-12-24)14-18(25)21-16-6-3-4-7-17(16)27-13-8-20/h3-4,6-7H,5,9-15H2,1-2H3,(H,21,25). The van der Waals surface area contributed by atoms with Gasteiger partial charge in [0.1, 0.15) is 0 Å². The first kappa shape index (κ1) is 21.2. The van der Waals surface area contributed by atoms with E-state index >= 15 is 0 Å². The van der Waals surface area contributed by atoms with Crippen LogP contribution in [0.5, 0.6) is 0 Å². The fourth-order valence-electron chi connectivity index (χ4n) is 2.87. The third kappa shape index (κ3) is 7.21. The molecule has 1 aromatic rings. The largest absolute Gasteiger partial charge is 0.348 e. The van der Waals surface area contributed by atoms with Crippen LogP contribution in [0.15, 0.2) is 29.2 Å². The van der Waals surface area contributed by atoms with Gasteiger partial charge in [-0.15, -0.1) is 11.8 Å². The molecular formula is C19H27N5O2S. The average Bonchev–Trinajstić information content (AvgIpc) is 2.86. The van der Waals surface area contributed by atoms with E-state index in [1.807, 2.05) is 24.3 Å². The number of amides is 2. The van der Waals surface area contributed by atoms with Crippen LogP contribution in [-0.2, 0) is 9.59 Å². The smallest absolute Gasteiger partial charge is 0.238 e. The van der Waals surface area contributed by atoms with Crippen LogP contribution in [0.1, 0.15) is 6.42 Å². The highest BCUT2D eigenvalue weighted by molar-refractivity contribution is 7.99. The summed E-state index contributed by atoms with van der Waals surface area (Å²) < 4.78 is 0. The van der Waals surface area contributed by atoms with Crippen LogP contribution in [0.3, 0.4) is 0 Å². The molecular weight excluding hydrogens is 362 g/mol. The van der Waals surface area contributed by atoms with Gasteiger partial charge >= 0.3 is 0 Å². The maximum Gasteiger partial charge on any atom is 0.238 e. The van der Waals surface area contributed by atoms with Crippen molar-refractivity contribution in [3.63, 3.8) is 0 Å². The molecule has 1 fully saturated rings. The molecule has 0 atom stereocenters. The van der Waals surface area contributed by atoms with Gasteiger partial charge in [-0.05, 0) is 31.6 Å². The monoisotopic (exact) mass is 389 g/mol. The van der Waals surface area contributed by atoms with Crippen LogP contribution in [0, 0.1) is 11.3 Å². The van der Waals surface area contributed by atoms with Gasteiger partial charge in [0, 0.05) is 32.1 Å². The topological polar surface area (TPSA) is 79.7 Å². The fourth-order valence-corrected chi connectivity index (χ4v) is 3.54. The highest BCUT2D eigenvalue weighted by Gasteiger charge is 2.19. The van der Waals surface area contributed by atoms with Crippen molar-refractivity contribution >= 4 is 29.3 Å². The van der Waals surface area contributed by atoms with Gasteiger partial charge in [-0.25, -0.2) is 0 Å². The summed E-state index contributed by atoms with van der Waals surface area (Å²) in [5.74, 6) is 0.394. The number of hydrogen-bond acceptors (Lipinski definition) is 6. The van der Waals surface area contributed by atoms with Crippen LogP contribution in [-0.4, -0.2) is 85.6 Å². The lowest BCUT2D eigenvalue weighted by atomic mass is 10.3. The van der Waals surface area contributed by atoms with Gasteiger partial charge < -0.3 is 10.2 Å². The first-order chi connectivity index (χ1) is 13.0. The van der Waals surface area contributed by atoms with Crippen molar-refractivity contribution in [2.24, 2.45) is 0 Å². The van der Waals surface area contributed by atoms with Gasteiger partial charge in [-0.2, -0.15) is 5.26 Å². The SMILES string of the molecule is CN(C)C(=O)CN1CCCN(CC(=O)Nc2ccccc2SCC#N)CC1. The Labute approximate surface area is 165 Å². The van der Waals surface area contributed by atoms with E-state index in [0.717, 1.165) is 43.2 Å². The Kier molecular flexibility index (Phi) is 8.58. The summed E-state index contributed by atoms with van der Waals surface area (Å²) in [4.78, 5) is 31.1. The van der Waals surface area contributed by atoms with Crippen LogP contribution >= 0.6 is 11.8 Å². The predicted octanol–water partition coefficient (Wildman–Crippen LogP) is 1.34. The first-order valence-electron chi connectivity index (χ1n) is 9.03. The normalized spacial score (nSPS) is 15.6. The molecule has 1 saturated heterocycles. The zero-order chi connectivity index (χ0) is 19.6. The van der Waals surface area contributed by atoms with Gasteiger partial charge in [-0.3, -0.25) is 19.4 Å². The number of rotatable bonds is 7. The van der Waals surface area contributed by atoms with Crippen molar-refractivity contribution in [1.82, 2.24) is 14.7 Å². The third-order valence-electron chi connectivity index (χ3n) is 4.36. The summed E-state index contributed by atoms with van der Waals surface area (Å²) in [6, 6.07) is 9.64. The molecule has 1 aliphatic rings. The molecule has 0 aliphatic carbocycles. The van der Waals surface area contributed by atoms with Gasteiger partial charge in [0.05, 0.1) is 30.6 Å². The lowest BCUT2D eigenvalue weighted by Crippen LogP contribution is -2.39. The molecule has 0 aromatic heterocycles. The van der Waals surface area contributed by atoms with E-state index in [1.54, 1.807) is 19.0 Å². The number of thioether (sulfide) groups is 1. The molecule has 0 radical (unpaired) electrons. The molecule has 146 valence electrons. The van der Waals surface area contributed by atoms with E-state index in [4.69, 9.17) is 5.26 Å². The van der Waals surface area contributed by atoms with E-state index in [0.29, 0.717) is 18.8 Å². The molecule has 1 N–H and O–H groups in total. The van der Waals surface area contributed by atoms with Crippen molar-refractivity contribution in [3.8, 4) is 6.07 Å². The summed E-state index contributed by atoms with van der Waals surface area (Å²) in [5, 5.41) is 11.7. The van der Waals surface area contributed by atoms with E-state index < -0.39 is 0 Å². The number of nitrogens with zero attached hydrogens (tertiary/aromatic N) is 4. The molecule has 2 rings (SSSR count). The number of likely N-dealkylation sites (N-methyl/N-ethyl adjacent to an activating group) is 1. The van der Waals surface area contributed by atoms with Crippen LogP contribution in [0.4, 0.5) is 5.69 Å². The number of carbonyl (C=O) groups is 2. The van der Waals surface area contributed by atoms with Crippen LogP contribution in [0.2, 0.25) is 0 Å². The van der Waals surface area contributed by atoms with E-state index in [1.165, 1.54) is 11.8 Å².